The maximum atomic E-state index is 13.0. The van der Waals surface area contributed by atoms with Crippen LogP contribution >= 0.6 is 0 Å². The minimum absolute atomic E-state index is 0.219. The molecule has 1 aromatic carbocycles. The topological polar surface area (TPSA) is 57.6 Å². The maximum absolute atomic E-state index is 13.0. The Morgan fingerprint density at radius 3 is 2.79 bits per heavy atom. The van der Waals surface area contributed by atoms with E-state index in [4.69, 9.17) is 5.11 Å². The third kappa shape index (κ3) is 2.92. The van der Waals surface area contributed by atoms with Crippen molar-refractivity contribution in [2.45, 2.75) is 19.8 Å². The molecule has 102 valence electrons. The number of hydrogen-bond acceptors (Lipinski definition) is 2. The number of aliphatic carboxylic acids is 1. The molecule has 1 fully saturated rings. The van der Waals surface area contributed by atoms with Crippen LogP contribution in [0.4, 0.5) is 4.39 Å². The van der Waals surface area contributed by atoms with Crippen molar-refractivity contribution in [2.24, 2.45) is 5.92 Å². The van der Waals surface area contributed by atoms with E-state index in [0.29, 0.717) is 30.5 Å². The zero-order valence-electron chi connectivity index (χ0n) is 10.7. The van der Waals surface area contributed by atoms with Crippen LogP contribution in [0.3, 0.4) is 0 Å². The van der Waals surface area contributed by atoms with Gasteiger partial charge >= 0.3 is 5.97 Å². The highest BCUT2D eigenvalue weighted by molar-refractivity contribution is 5.96. The molecule has 0 unspecified atom stereocenters. The number of rotatable bonds is 2. The molecular formula is C14H16FNO3. The molecule has 1 aromatic rings. The molecule has 1 N–H and O–H groups in total. The van der Waals surface area contributed by atoms with E-state index in [1.54, 1.807) is 11.8 Å². The summed E-state index contributed by atoms with van der Waals surface area (Å²) >= 11 is 0. The van der Waals surface area contributed by atoms with Crippen LogP contribution in [0.2, 0.25) is 0 Å². The van der Waals surface area contributed by atoms with Gasteiger partial charge in [-0.05, 0) is 43.5 Å². The van der Waals surface area contributed by atoms with Crippen LogP contribution in [0.5, 0.6) is 0 Å². The molecule has 0 aliphatic carbocycles. The average molecular weight is 265 g/mol. The number of nitrogens with zero attached hydrogens (tertiary/aromatic N) is 1. The SMILES string of the molecule is Cc1cc(F)ccc1C(=O)N1CCC[C@@H](C(=O)O)C1. The lowest BCUT2D eigenvalue weighted by molar-refractivity contribution is -0.143. The van der Waals surface area contributed by atoms with Crippen LogP contribution in [0.25, 0.3) is 0 Å². The molecule has 19 heavy (non-hydrogen) atoms. The van der Waals surface area contributed by atoms with Gasteiger partial charge in [-0.1, -0.05) is 0 Å². The van der Waals surface area contributed by atoms with E-state index >= 15 is 0 Å². The Bertz CT molecular complexity index is 515. The van der Waals surface area contributed by atoms with Crippen LogP contribution < -0.4 is 0 Å². The number of carbonyl (C=O) groups excluding carboxylic acids is 1. The fraction of sp³-hybridized carbons (Fsp3) is 0.429. The number of amides is 1. The van der Waals surface area contributed by atoms with E-state index in [0.717, 1.165) is 0 Å². The number of carbonyl (C=O) groups is 2. The molecule has 1 aliphatic rings. The zero-order chi connectivity index (χ0) is 14.0. The van der Waals surface area contributed by atoms with Crippen LogP contribution in [0.1, 0.15) is 28.8 Å². The summed E-state index contributed by atoms with van der Waals surface area (Å²) in [5, 5.41) is 9.01. The molecule has 1 aliphatic heterocycles. The lowest BCUT2D eigenvalue weighted by Gasteiger charge is -2.31. The summed E-state index contributed by atoms with van der Waals surface area (Å²) in [7, 11) is 0. The van der Waals surface area contributed by atoms with Crippen molar-refractivity contribution in [3.8, 4) is 0 Å². The molecule has 1 heterocycles. The van der Waals surface area contributed by atoms with Crippen molar-refractivity contribution in [2.75, 3.05) is 13.1 Å². The van der Waals surface area contributed by atoms with Crippen molar-refractivity contribution < 1.29 is 19.1 Å². The van der Waals surface area contributed by atoms with Crippen LogP contribution in [-0.4, -0.2) is 35.0 Å². The normalized spacial score (nSPS) is 19.3. The van der Waals surface area contributed by atoms with E-state index in [1.165, 1.54) is 18.2 Å². The van der Waals surface area contributed by atoms with E-state index in [-0.39, 0.29) is 18.3 Å². The Morgan fingerprint density at radius 1 is 1.42 bits per heavy atom. The lowest BCUT2D eigenvalue weighted by atomic mass is 9.97. The number of aryl methyl sites for hydroxylation is 1. The first-order chi connectivity index (χ1) is 8.99. The predicted molar refractivity (Wildman–Crippen MR) is 67.4 cm³/mol. The summed E-state index contributed by atoms with van der Waals surface area (Å²) in [4.78, 5) is 24.8. The first-order valence-corrected chi connectivity index (χ1v) is 6.27. The van der Waals surface area contributed by atoms with Gasteiger partial charge in [0.1, 0.15) is 5.82 Å². The summed E-state index contributed by atoms with van der Waals surface area (Å²) in [5.74, 6) is -1.97. The first kappa shape index (κ1) is 13.5. The monoisotopic (exact) mass is 265 g/mol. The Labute approximate surface area is 110 Å². The Hall–Kier alpha value is -1.91. The van der Waals surface area contributed by atoms with E-state index in [1.807, 2.05) is 0 Å². The van der Waals surface area contributed by atoms with Gasteiger partial charge < -0.3 is 10.0 Å². The second-order valence-electron chi connectivity index (χ2n) is 4.89. The highest BCUT2D eigenvalue weighted by Crippen LogP contribution is 2.20. The van der Waals surface area contributed by atoms with Gasteiger partial charge in [0.05, 0.1) is 5.92 Å². The van der Waals surface area contributed by atoms with Gasteiger partial charge in [0.25, 0.3) is 5.91 Å². The highest BCUT2D eigenvalue weighted by Gasteiger charge is 2.29. The van der Waals surface area contributed by atoms with E-state index in [9.17, 15) is 14.0 Å². The summed E-state index contributed by atoms with van der Waals surface area (Å²) in [5.41, 5.74) is 1.01. The Morgan fingerprint density at radius 2 is 2.16 bits per heavy atom. The summed E-state index contributed by atoms with van der Waals surface area (Å²) in [6, 6.07) is 4.02. The predicted octanol–water partition coefficient (Wildman–Crippen LogP) is 2.07. The van der Waals surface area contributed by atoms with Crippen molar-refractivity contribution in [3.63, 3.8) is 0 Å². The van der Waals surface area contributed by atoms with Crippen LogP contribution in [0.15, 0.2) is 18.2 Å². The van der Waals surface area contributed by atoms with Crippen molar-refractivity contribution in [1.29, 1.82) is 0 Å². The Balaban J connectivity index is 2.17. The number of piperidine rings is 1. The van der Waals surface area contributed by atoms with Gasteiger partial charge in [0, 0.05) is 18.7 Å². The number of benzene rings is 1. The van der Waals surface area contributed by atoms with Gasteiger partial charge in [-0.25, -0.2) is 4.39 Å². The third-order valence-corrected chi connectivity index (χ3v) is 3.48. The minimum atomic E-state index is -0.867. The van der Waals surface area contributed by atoms with E-state index < -0.39 is 11.9 Å². The highest BCUT2D eigenvalue weighted by atomic mass is 19.1. The molecular weight excluding hydrogens is 249 g/mol. The minimum Gasteiger partial charge on any atom is -0.481 e. The van der Waals surface area contributed by atoms with Gasteiger partial charge in [-0.2, -0.15) is 0 Å². The molecule has 0 saturated carbocycles. The molecule has 1 amide bonds. The quantitative estimate of drug-likeness (QED) is 0.890. The van der Waals surface area contributed by atoms with Gasteiger partial charge in [-0.3, -0.25) is 9.59 Å². The summed E-state index contributed by atoms with van der Waals surface area (Å²) in [6.45, 7) is 2.46. The molecule has 5 heteroatoms. The number of likely N-dealkylation sites (tertiary alicyclic amines) is 1. The standard InChI is InChI=1S/C14H16FNO3/c1-9-7-11(15)4-5-12(9)13(17)16-6-2-3-10(8-16)14(18)19/h4-5,7,10H,2-3,6,8H2,1H3,(H,18,19)/t10-/m1/s1. The first-order valence-electron chi connectivity index (χ1n) is 6.27. The summed E-state index contributed by atoms with van der Waals surface area (Å²) in [6.07, 6.45) is 1.28. The molecule has 1 atom stereocenters. The van der Waals surface area contributed by atoms with Crippen molar-refractivity contribution >= 4 is 11.9 Å². The van der Waals surface area contributed by atoms with Crippen LogP contribution in [-0.2, 0) is 4.79 Å². The zero-order valence-corrected chi connectivity index (χ0v) is 10.7. The molecule has 2 rings (SSSR count). The Kier molecular flexibility index (Phi) is 3.83. The number of carboxylic acids is 1. The largest absolute Gasteiger partial charge is 0.481 e. The maximum Gasteiger partial charge on any atom is 0.308 e. The van der Waals surface area contributed by atoms with Gasteiger partial charge in [0.2, 0.25) is 0 Å². The number of halogens is 1. The fourth-order valence-electron chi connectivity index (χ4n) is 2.40. The molecule has 1 saturated heterocycles. The number of carboxylic acid groups (broad SMARTS) is 1. The van der Waals surface area contributed by atoms with Crippen LogP contribution in [0, 0.1) is 18.7 Å². The average Bonchev–Trinajstić information content (AvgIpc) is 2.38. The lowest BCUT2D eigenvalue weighted by Crippen LogP contribution is -2.42. The molecule has 0 spiro atoms. The third-order valence-electron chi connectivity index (χ3n) is 3.48. The van der Waals surface area contributed by atoms with Crippen molar-refractivity contribution in [1.82, 2.24) is 4.90 Å². The fourth-order valence-corrected chi connectivity index (χ4v) is 2.40. The second-order valence-corrected chi connectivity index (χ2v) is 4.89. The van der Waals surface area contributed by atoms with Gasteiger partial charge in [0.15, 0.2) is 0 Å². The molecule has 0 bridgehead atoms. The molecule has 0 radical (unpaired) electrons. The summed E-state index contributed by atoms with van der Waals surface area (Å²) < 4.78 is 13.0. The molecule has 4 nitrogen and oxygen atoms in total. The second kappa shape index (κ2) is 5.38. The smallest absolute Gasteiger partial charge is 0.308 e. The molecule has 0 aromatic heterocycles. The van der Waals surface area contributed by atoms with E-state index in [2.05, 4.69) is 0 Å². The number of hydrogen-bond donors (Lipinski definition) is 1. The van der Waals surface area contributed by atoms with Gasteiger partial charge in [-0.15, -0.1) is 0 Å². The van der Waals surface area contributed by atoms with Crippen molar-refractivity contribution in [3.05, 3.63) is 35.1 Å².